The average molecular weight is 406 g/mol. The van der Waals surface area contributed by atoms with Crippen LogP contribution < -0.4 is 16.6 Å². The Morgan fingerprint density at radius 3 is 2.60 bits per heavy atom. The predicted molar refractivity (Wildman–Crippen MR) is 113 cm³/mol. The molecule has 0 fully saturated rings. The first-order chi connectivity index (χ1) is 14.4. The van der Waals surface area contributed by atoms with E-state index in [1.165, 1.54) is 9.25 Å². The van der Waals surface area contributed by atoms with E-state index in [0.717, 1.165) is 5.39 Å². The van der Waals surface area contributed by atoms with Crippen molar-refractivity contribution < 1.29 is 9.21 Å². The molecule has 2 aromatic carbocycles. The Balaban J connectivity index is 1.44. The monoisotopic (exact) mass is 406 g/mol. The van der Waals surface area contributed by atoms with Crippen LogP contribution in [-0.4, -0.2) is 26.3 Å². The fourth-order valence-corrected chi connectivity index (χ4v) is 3.65. The smallest absolute Gasteiger partial charge is 0.408 e. The number of rotatable bonds is 6. The lowest BCUT2D eigenvalue weighted by molar-refractivity contribution is -0.121. The Bertz CT molecular complexity index is 1350. The third kappa shape index (κ3) is 3.76. The van der Waals surface area contributed by atoms with Crippen LogP contribution >= 0.6 is 0 Å². The zero-order chi connectivity index (χ0) is 21.3. The average Bonchev–Trinajstić information content (AvgIpc) is 3.05. The molecule has 0 aliphatic heterocycles. The highest BCUT2D eigenvalue weighted by atomic mass is 16.4. The fourth-order valence-electron chi connectivity index (χ4n) is 3.65. The van der Waals surface area contributed by atoms with Gasteiger partial charge in [0.15, 0.2) is 5.58 Å². The van der Waals surface area contributed by atoms with Crippen LogP contribution in [0.3, 0.4) is 0 Å². The van der Waals surface area contributed by atoms with Gasteiger partial charge in [0.1, 0.15) is 0 Å². The number of aryl methyl sites for hydroxylation is 2. The molecule has 1 N–H and O–H groups in total. The molecule has 4 aromatic rings. The summed E-state index contributed by atoms with van der Waals surface area (Å²) in [6, 6.07) is 14.2. The molecule has 30 heavy (non-hydrogen) atoms. The summed E-state index contributed by atoms with van der Waals surface area (Å²) in [5.41, 5.74) is 1.76. The molecule has 1 amide bonds. The molecule has 8 heteroatoms. The van der Waals surface area contributed by atoms with E-state index in [4.69, 9.17) is 4.42 Å². The van der Waals surface area contributed by atoms with Gasteiger partial charge in [0.05, 0.1) is 16.6 Å². The first-order valence-corrected chi connectivity index (χ1v) is 9.76. The first kappa shape index (κ1) is 19.6. The third-order valence-corrected chi connectivity index (χ3v) is 5.06. The standard InChI is InChI=1S/C22H22N4O4/c1-14(13-26-18-9-5-6-10-19(18)30-22(26)29)23-20(27)12-11-17-15-7-3-4-8-16(15)21(28)25(2)24-17/h3-10,14H,11-13H2,1-2H3,(H,23,27)/t14-/m0/s1. The third-order valence-electron chi connectivity index (χ3n) is 5.06. The summed E-state index contributed by atoms with van der Waals surface area (Å²) in [4.78, 5) is 36.8. The lowest BCUT2D eigenvalue weighted by Crippen LogP contribution is -2.37. The summed E-state index contributed by atoms with van der Waals surface area (Å²) in [5.74, 6) is -0.596. The van der Waals surface area contributed by atoms with Crippen LogP contribution in [-0.2, 0) is 24.8 Å². The molecule has 2 heterocycles. The summed E-state index contributed by atoms with van der Waals surface area (Å²) in [6.07, 6.45) is 0.627. The van der Waals surface area contributed by atoms with Gasteiger partial charge in [0, 0.05) is 37.9 Å². The second kappa shape index (κ2) is 7.98. The Kier molecular flexibility index (Phi) is 5.22. The zero-order valence-corrected chi connectivity index (χ0v) is 16.8. The molecular formula is C22H22N4O4. The first-order valence-electron chi connectivity index (χ1n) is 9.76. The Labute approximate surface area is 171 Å². The number of oxazole rings is 1. The molecule has 4 rings (SSSR count). The molecule has 2 aromatic heterocycles. The lowest BCUT2D eigenvalue weighted by Gasteiger charge is -2.14. The molecule has 0 saturated heterocycles. The molecule has 154 valence electrons. The summed E-state index contributed by atoms with van der Waals surface area (Å²) in [6.45, 7) is 2.15. The van der Waals surface area contributed by atoms with Crippen LogP contribution in [0.25, 0.3) is 21.9 Å². The SMILES string of the molecule is C[C@@H](Cn1c(=O)oc2ccccc21)NC(=O)CCc1nn(C)c(=O)c2ccccc12. The molecule has 0 unspecified atom stereocenters. The summed E-state index contributed by atoms with van der Waals surface area (Å²) in [7, 11) is 1.60. The molecule has 0 aliphatic rings. The van der Waals surface area contributed by atoms with Gasteiger partial charge in [-0.25, -0.2) is 9.48 Å². The van der Waals surface area contributed by atoms with Gasteiger partial charge < -0.3 is 9.73 Å². The Morgan fingerprint density at radius 2 is 1.80 bits per heavy atom. The van der Waals surface area contributed by atoms with Gasteiger partial charge in [-0.15, -0.1) is 0 Å². The minimum absolute atomic E-state index is 0.150. The molecular weight excluding hydrogens is 384 g/mol. The maximum absolute atomic E-state index is 12.5. The quantitative estimate of drug-likeness (QED) is 0.528. The number of hydrogen-bond acceptors (Lipinski definition) is 5. The van der Waals surface area contributed by atoms with Crippen LogP contribution in [0.4, 0.5) is 0 Å². The van der Waals surface area contributed by atoms with E-state index in [2.05, 4.69) is 10.4 Å². The maximum Gasteiger partial charge on any atom is 0.420 e. The number of para-hydroxylation sites is 2. The number of carbonyl (C=O) groups is 1. The van der Waals surface area contributed by atoms with E-state index >= 15 is 0 Å². The second-order valence-corrected chi connectivity index (χ2v) is 7.34. The van der Waals surface area contributed by atoms with Gasteiger partial charge in [0.25, 0.3) is 5.56 Å². The van der Waals surface area contributed by atoms with Crippen molar-refractivity contribution in [1.29, 1.82) is 0 Å². The number of fused-ring (bicyclic) bond motifs is 2. The lowest BCUT2D eigenvalue weighted by atomic mass is 10.1. The molecule has 0 radical (unpaired) electrons. The van der Waals surface area contributed by atoms with Gasteiger partial charge in [-0.2, -0.15) is 5.10 Å². The zero-order valence-electron chi connectivity index (χ0n) is 16.8. The van der Waals surface area contributed by atoms with Crippen LogP contribution in [0.1, 0.15) is 19.0 Å². The molecule has 0 saturated carbocycles. The van der Waals surface area contributed by atoms with Crippen molar-refractivity contribution >= 4 is 27.8 Å². The highest BCUT2D eigenvalue weighted by molar-refractivity contribution is 5.84. The van der Waals surface area contributed by atoms with E-state index < -0.39 is 5.76 Å². The number of nitrogens with one attached hydrogen (secondary N) is 1. The Hall–Kier alpha value is -3.68. The number of hydrogen-bond donors (Lipinski definition) is 1. The molecule has 1 atom stereocenters. The van der Waals surface area contributed by atoms with Crippen molar-refractivity contribution in [3.8, 4) is 0 Å². The van der Waals surface area contributed by atoms with Gasteiger partial charge >= 0.3 is 5.76 Å². The fraction of sp³-hybridized carbons (Fsp3) is 0.273. The van der Waals surface area contributed by atoms with Gasteiger partial charge in [-0.05, 0) is 25.1 Å². The van der Waals surface area contributed by atoms with Crippen molar-refractivity contribution in [3.63, 3.8) is 0 Å². The van der Waals surface area contributed by atoms with E-state index in [0.29, 0.717) is 35.1 Å². The van der Waals surface area contributed by atoms with Gasteiger partial charge in [-0.1, -0.05) is 30.3 Å². The van der Waals surface area contributed by atoms with Crippen LogP contribution in [0.2, 0.25) is 0 Å². The summed E-state index contributed by atoms with van der Waals surface area (Å²) < 4.78 is 8.05. The number of nitrogens with zero attached hydrogens (tertiary/aromatic N) is 3. The molecule has 8 nitrogen and oxygen atoms in total. The van der Waals surface area contributed by atoms with E-state index in [9.17, 15) is 14.4 Å². The number of carbonyl (C=O) groups excluding carboxylic acids is 1. The highest BCUT2D eigenvalue weighted by Crippen LogP contribution is 2.15. The molecule has 0 aliphatic carbocycles. The van der Waals surface area contributed by atoms with Crippen LogP contribution in [0.15, 0.2) is 62.5 Å². The van der Waals surface area contributed by atoms with Gasteiger partial charge in [-0.3, -0.25) is 14.2 Å². The normalized spacial score (nSPS) is 12.3. The van der Waals surface area contributed by atoms with Crippen LogP contribution in [0, 0.1) is 0 Å². The maximum atomic E-state index is 12.5. The van der Waals surface area contributed by atoms with Crippen molar-refractivity contribution in [2.24, 2.45) is 7.05 Å². The van der Waals surface area contributed by atoms with E-state index in [1.54, 1.807) is 25.2 Å². The van der Waals surface area contributed by atoms with Crippen LogP contribution in [0.5, 0.6) is 0 Å². The summed E-state index contributed by atoms with van der Waals surface area (Å²) in [5, 5.41) is 8.59. The van der Waals surface area contributed by atoms with Crippen molar-refractivity contribution in [2.75, 3.05) is 0 Å². The predicted octanol–water partition coefficient (Wildman–Crippen LogP) is 1.98. The molecule has 0 bridgehead atoms. The number of amides is 1. The minimum atomic E-state index is -0.446. The highest BCUT2D eigenvalue weighted by Gasteiger charge is 2.15. The summed E-state index contributed by atoms with van der Waals surface area (Å²) >= 11 is 0. The Morgan fingerprint density at radius 1 is 1.10 bits per heavy atom. The largest absolute Gasteiger partial charge is 0.420 e. The van der Waals surface area contributed by atoms with E-state index in [-0.39, 0.29) is 23.9 Å². The topological polar surface area (TPSA) is 99.1 Å². The van der Waals surface area contributed by atoms with Crippen molar-refractivity contribution in [1.82, 2.24) is 19.7 Å². The van der Waals surface area contributed by atoms with E-state index in [1.807, 2.05) is 37.3 Å². The number of aromatic nitrogens is 3. The van der Waals surface area contributed by atoms with Crippen molar-refractivity contribution in [3.05, 3.63) is 75.1 Å². The van der Waals surface area contributed by atoms with Crippen molar-refractivity contribution in [2.45, 2.75) is 32.4 Å². The number of benzene rings is 2. The van der Waals surface area contributed by atoms with Gasteiger partial charge in [0.2, 0.25) is 5.91 Å². The second-order valence-electron chi connectivity index (χ2n) is 7.34. The molecule has 0 spiro atoms. The minimum Gasteiger partial charge on any atom is -0.408 e.